The number of halogens is 1. The lowest BCUT2D eigenvalue weighted by molar-refractivity contribution is -0.118. The number of aromatic nitrogens is 2. The van der Waals surface area contributed by atoms with Crippen LogP contribution in [-0.4, -0.2) is 27.4 Å². The van der Waals surface area contributed by atoms with Gasteiger partial charge in [0.25, 0.3) is 11.5 Å². The lowest BCUT2D eigenvalue weighted by atomic mass is 10.0. The molecule has 3 rings (SSSR count). The number of anilines is 1. The minimum absolute atomic E-state index is 0.203. The predicted octanol–water partition coefficient (Wildman–Crippen LogP) is 3.73. The normalized spacial score (nSPS) is 11.9. The molecule has 0 saturated heterocycles. The second-order valence-corrected chi connectivity index (χ2v) is 8.80. The van der Waals surface area contributed by atoms with Crippen LogP contribution in [-0.2, 0) is 4.79 Å². The van der Waals surface area contributed by atoms with Gasteiger partial charge in [0.05, 0.1) is 15.4 Å². The highest BCUT2D eigenvalue weighted by atomic mass is 35.5. The molecule has 30 heavy (non-hydrogen) atoms. The average Bonchev–Trinajstić information content (AvgIpc) is 3.15. The standard InChI is InChI=1S/C21H21ClN4O3S/c1-13(2)11-16(25-21(29)17-7-8-18(22)30-17)20(28)24-14-3-5-15(6-4-14)26-10-9-23-12-19(26)27/h3-10,12-13,16H,11H2,1-2H3,(H,24,28)(H,25,29). The van der Waals surface area contributed by atoms with Crippen molar-refractivity contribution in [2.45, 2.75) is 26.3 Å². The quantitative estimate of drug-likeness (QED) is 0.580. The van der Waals surface area contributed by atoms with Crippen molar-refractivity contribution < 1.29 is 9.59 Å². The fourth-order valence-corrected chi connectivity index (χ4v) is 3.81. The Balaban J connectivity index is 1.71. The summed E-state index contributed by atoms with van der Waals surface area (Å²) >= 11 is 7.06. The fraction of sp³-hybridized carbons (Fsp3) is 0.238. The Bertz CT molecular complexity index is 1090. The number of nitrogens with zero attached hydrogens (tertiary/aromatic N) is 2. The first-order chi connectivity index (χ1) is 14.3. The van der Waals surface area contributed by atoms with Gasteiger partial charge in [0.2, 0.25) is 5.91 Å². The van der Waals surface area contributed by atoms with E-state index in [1.165, 1.54) is 17.0 Å². The first-order valence-electron chi connectivity index (χ1n) is 9.33. The van der Waals surface area contributed by atoms with E-state index in [0.29, 0.717) is 27.0 Å². The van der Waals surface area contributed by atoms with Crippen molar-refractivity contribution in [3.63, 3.8) is 0 Å². The predicted molar refractivity (Wildman–Crippen MR) is 119 cm³/mol. The number of hydrogen-bond acceptors (Lipinski definition) is 5. The lowest BCUT2D eigenvalue weighted by Crippen LogP contribution is -2.44. The van der Waals surface area contributed by atoms with Gasteiger partial charge >= 0.3 is 0 Å². The van der Waals surface area contributed by atoms with Gasteiger partial charge in [-0.05, 0) is 48.7 Å². The first kappa shape index (κ1) is 21.7. The van der Waals surface area contributed by atoms with Crippen LogP contribution in [0.1, 0.15) is 29.9 Å². The molecule has 3 aromatic rings. The smallest absolute Gasteiger partial charge is 0.273 e. The molecular weight excluding hydrogens is 424 g/mol. The van der Waals surface area contributed by atoms with Crippen molar-refractivity contribution in [2.24, 2.45) is 5.92 Å². The SMILES string of the molecule is CC(C)CC(NC(=O)c1ccc(Cl)s1)C(=O)Nc1ccc(-n2ccncc2=O)cc1. The maximum Gasteiger partial charge on any atom is 0.273 e. The van der Waals surface area contributed by atoms with E-state index in [1.807, 2.05) is 13.8 Å². The van der Waals surface area contributed by atoms with Gasteiger partial charge in [-0.2, -0.15) is 0 Å². The van der Waals surface area contributed by atoms with Crippen molar-refractivity contribution in [1.82, 2.24) is 14.9 Å². The van der Waals surface area contributed by atoms with Crippen LogP contribution in [0.15, 0.2) is 59.8 Å². The molecule has 0 saturated carbocycles. The van der Waals surface area contributed by atoms with E-state index in [0.717, 1.165) is 11.3 Å². The Labute approximate surface area is 182 Å². The van der Waals surface area contributed by atoms with Gasteiger partial charge in [0.1, 0.15) is 6.04 Å². The van der Waals surface area contributed by atoms with E-state index in [1.54, 1.807) is 42.6 Å². The van der Waals surface area contributed by atoms with Crippen LogP contribution in [0.3, 0.4) is 0 Å². The molecule has 9 heteroatoms. The number of hydrogen-bond donors (Lipinski definition) is 2. The van der Waals surface area contributed by atoms with Crippen LogP contribution < -0.4 is 16.2 Å². The molecule has 0 aliphatic rings. The second-order valence-electron chi connectivity index (χ2n) is 7.08. The van der Waals surface area contributed by atoms with Crippen LogP contribution in [0.25, 0.3) is 5.69 Å². The molecule has 2 amide bonds. The van der Waals surface area contributed by atoms with Crippen LogP contribution >= 0.6 is 22.9 Å². The monoisotopic (exact) mass is 444 g/mol. The number of thiophene rings is 1. The largest absolute Gasteiger partial charge is 0.340 e. The Morgan fingerprint density at radius 2 is 1.90 bits per heavy atom. The molecule has 0 radical (unpaired) electrons. The third-order valence-electron chi connectivity index (χ3n) is 4.26. The number of carbonyl (C=O) groups excluding carboxylic acids is 2. The molecular formula is C21H21ClN4O3S. The zero-order valence-corrected chi connectivity index (χ0v) is 18.0. The molecule has 2 aromatic heterocycles. The molecule has 0 fully saturated rings. The van der Waals surface area contributed by atoms with Crippen LogP contribution in [0.5, 0.6) is 0 Å². The average molecular weight is 445 g/mol. The first-order valence-corrected chi connectivity index (χ1v) is 10.5. The van der Waals surface area contributed by atoms with E-state index in [2.05, 4.69) is 15.6 Å². The second kappa shape index (κ2) is 9.69. The maximum atomic E-state index is 12.8. The topological polar surface area (TPSA) is 93.1 Å². The highest BCUT2D eigenvalue weighted by Gasteiger charge is 2.23. The van der Waals surface area contributed by atoms with Gasteiger partial charge in [0, 0.05) is 23.8 Å². The van der Waals surface area contributed by atoms with Gasteiger partial charge in [-0.15, -0.1) is 11.3 Å². The lowest BCUT2D eigenvalue weighted by Gasteiger charge is -2.20. The maximum absolute atomic E-state index is 12.8. The van der Waals surface area contributed by atoms with Crippen molar-refractivity contribution in [3.8, 4) is 5.69 Å². The highest BCUT2D eigenvalue weighted by Crippen LogP contribution is 2.22. The van der Waals surface area contributed by atoms with Gasteiger partial charge in [-0.1, -0.05) is 25.4 Å². The van der Waals surface area contributed by atoms with Gasteiger partial charge in [0.15, 0.2) is 0 Å². The summed E-state index contributed by atoms with van der Waals surface area (Å²) in [5.41, 5.74) is 0.970. The summed E-state index contributed by atoms with van der Waals surface area (Å²) in [5.74, 6) is -0.442. The summed E-state index contributed by atoms with van der Waals surface area (Å²) in [6.45, 7) is 3.96. The summed E-state index contributed by atoms with van der Waals surface area (Å²) in [6, 6.07) is 9.43. The van der Waals surface area contributed by atoms with Crippen LogP contribution in [0.4, 0.5) is 5.69 Å². The Hall–Kier alpha value is -2.97. The molecule has 2 heterocycles. The number of amides is 2. The molecule has 2 N–H and O–H groups in total. The third kappa shape index (κ3) is 5.55. The van der Waals surface area contributed by atoms with E-state index >= 15 is 0 Å². The van der Waals surface area contributed by atoms with Crippen LogP contribution in [0, 0.1) is 5.92 Å². The Kier molecular flexibility index (Phi) is 7.02. The Morgan fingerprint density at radius 3 is 2.50 bits per heavy atom. The zero-order chi connectivity index (χ0) is 21.7. The van der Waals surface area contributed by atoms with Crippen molar-refractivity contribution in [1.29, 1.82) is 0 Å². The molecule has 1 atom stereocenters. The van der Waals surface area contributed by atoms with Crippen molar-refractivity contribution in [3.05, 3.63) is 74.6 Å². The third-order valence-corrected chi connectivity index (χ3v) is 5.49. The van der Waals surface area contributed by atoms with Crippen molar-refractivity contribution in [2.75, 3.05) is 5.32 Å². The van der Waals surface area contributed by atoms with E-state index in [4.69, 9.17) is 11.6 Å². The van der Waals surface area contributed by atoms with E-state index in [-0.39, 0.29) is 23.3 Å². The molecule has 0 aliphatic carbocycles. The van der Waals surface area contributed by atoms with E-state index < -0.39 is 6.04 Å². The molecule has 7 nitrogen and oxygen atoms in total. The molecule has 0 bridgehead atoms. The van der Waals surface area contributed by atoms with Gasteiger partial charge < -0.3 is 10.6 Å². The summed E-state index contributed by atoms with van der Waals surface area (Å²) in [6.07, 6.45) is 4.81. The summed E-state index contributed by atoms with van der Waals surface area (Å²) in [5, 5.41) is 5.62. The summed E-state index contributed by atoms with van der Waals surface area (Å²) in [4.78, 5) is 41.4. The van der Waals surface area contributed by atoms with Crippen molar-refractivity contribution >= 4 is 40.4 Å². The minimum atomic E-state index is -0.694. The Morgan fingerprint density at radius 1 is 1.17 bits per heavy atom. The van der Waals surface area contributed by atoms with E-state index in [9.17, 15) is 14.4 Å². The minimum Gasteiger partial charge on any atom is -0.340 e. The number of rotatable bonds is 7. The number of benzene rings is 1. The van der Waals surface area contributed by atoms with Crippen LogP contribution in [0.2, 0.25) is 4.34 Å². The van der Waals surface area contributed by atoms with Gasteiger partial charge in [-0.25, -0.2) is 0 Å². The molecule has 156 valence electrons. The number of nitrogens with one attached hydrogen (secondary N) is 2. The molecule has 0 aliphatic heterocycles. The zero-order valence-electron chi connectivity index (χ0n) is 16.5. The number of carbonyl (C=O) groups is 2. The van der Waals surface area contributed by atoms with Gasteiger partial charge in [-0.3, -0.25) is 23.9 Å². The molecule has 0 spiro atoms. The summed E-state index contributed by atoms with van der Waals surface area (Å²) < 4.78 is 1.96. The highest BCUT2D eigenvalue weighted by molar-refractivity contribution is 7.18. The molecule has 1 aromatic carbocycles. The summed E-state index contributed by atoms with van der Waals surface area (Å²) in [7, 11) is 0. The molecule has 1 unspecified atom stereocenters. The fourth-order valence-electron chi connectivity index (χ4n) is 2.86.